The van der Waals surface area contributed by atoms with Gasteiger partial charge in [0.25, 0.3) is 5.69 Å². The number of nitro groups is 1. The Labute approximate surface area is 271 Å². The molecule has 0 bridgehead atoms. The Balaban J connectivity index is 0.00000552. The second kappa shape index (κ2) is 16.9. The lowest BCUT2D eigenvalue weighted by molar-refractivity contribution is -0.384. The standard InChI is InChI=1S/C33H38N4O6S.ClH/c1-3-21-36(33(38)43-26-27-14-16-31(17-15-27)37(39)40)30-19-23-35(24-20-30)22-18-29(28-10-6-4-7-11-28)25-34(2)44(41,42)32-12-8-5-9-13-32;/h1,4-17,29-30H,18-26H2,2H3;1H/t29-;/m1./s1. The predicted molar refractivity (Wildman–Crippen MR) is 176 cm³/mol. The summed E-state index contributed by atoms with van der Waals surface area (Å²) in [6, 6.07) is 24.3. The number of rotatable bonds is 13. The van der Waals surface area contributed by atoms with Gasteiger partial charge in [-0.15, -0.1) is 18.8 Å². The van der Waals surface area contributed by atoms with Gasteiger partial charge in [0, 0.05) is 44.9 Å². The molecule has 1 amide bonds. The van der Waals surface area contributed by atoms with Gasteiger partial charge < -0.3 is 9.64 Å². The smallest absolute Gasteiger partial charge is 0.411 e. The van der Waals surface area contributed by atoms with E-state index in [0.29, 0.717) is 12.1 Å². The summed E-state index contributed by atoms with van der Waals surface area (Å²) in [5, 5.41) is 10.9. The van der Waals surface area contributed by atoms with Crippen LogP contribution in [0.2, 0.25) is 0 Å². The van der Waals surface area contributed by atoms with Crippen LogP contribution < -0.4 is 0 Å². The lowest BCUT2D eigenvalue weighted by Crippen LogP contribution is -2.48. The van der Waals surface area contributed by atoms with Gasteiger partial charge in [-0.3, -0.25) is 15.0 Å². The van der Waals surface area contributed by atoms with Crippen LogP contribution in [0.15, 0.2) is 89.8 Å². The van der Waals surface area contributed by atoms with Gasteiger partial charge in [-0.2, -0.15) is 0 Å². The summed E-state index contributed by atoms with van der Waals surface area (Å²) >= 11 is 0. The number of carbonyl (C=O) groups excluding carboxylic acids is 1. The normalized spacial score (nSPS) is 14.6. The summed E-state index contributed by atoms with van der Waals surface area (Å²) in [6.45, 7) is 2.79. The van der Waals surface area contributed by atoms with Crippen molar-refractivity contribution in [3.63, 3.8) is 0 Å². The number of amides is 1. The molecule has 45 heavy (non-hydrogen) atoms. The first-order valence-corrected chi connectivity index (χ1v) is 16.0. The number of likely N-dealkylation sites (tertiary alicyclic amines) is 1. The Morgan fingerprint density at radius 3 is 2.22 bits per heavy atom. The van der Waals surface area contributed by atoms with Crippen molar-refractivity contribution in [2.45, 2.75) is 42.7 Å². The summed E-state index contributed by atoms with van der Waals surface area (Å²) in [4.78, 5) is 27.5. The minimum atomic E-state index is -3.62. The van der Waals surface area contributed by atoms with Gasteiger partial charge in [0.1, 0.15) is 6.61 Å². The minimum Gasteiger partial charge on any atom is -0.445 e. The minimum absolute atomic E-state index is 0. The number of nitrogens with zero attached hydrogens (tertiary/aromatic N) is 4. The van der Waals surface area contributed by atoms with Crippen molar-refractivity contribution in [2.24, 2.45) is 0 Å². The quantitative estimate of drug-likeness (QED) is 0.135. The molecule has 0 N–H and O–H groups in total. The van der Waals surface area contributed by atoms with Crippen LogP contribution in [0.1, 0.15) is 36.3 Å². The first-order valence-electron chi connectivity index (χ1n) is 14.6. The van der Waals surface area contributed by atoms with Crippen LogP contribution in [0.3, 0.4) is 0 Å². The second-order valence-corrected chi connectivity index (χ2v) is 12.9. The molecular weight excluding hydrogens is 616 g/mol. The van der Waals surface area contributed by atoms with Crippen LogP contribution >= 0.6 is 12.4 Å². The molecule has 3 aromatic carbocycles. The number of terminal acetylenes is 1. The Hall–Kier alpha value is -3.95. The maximum Gasteiger partial charge on any atom is 0.411 e. The average molecular weight is 655 g/mol. The first-order chi connectivity index (χ1) is 21.2. The molecule has 0 spiro atoms. The van der Waals surface area contributed by atoms with Crippen molar-refractivity contribution in [3.8, 4) is 12.3 Å². The van der Waals surface area contributed by atoms with Crippen molar-refractivity contribution >= 4 is 34.2 Å². The van der Waals surface area contributed by atoms with Gasteiger partial charge in [0.05, 0.1) is 16.4 Å². The number of halogens is 1. The number of hydrogen-bond donors (Lipinski definition) is 0. The van der Waals surface area contributed by atoms with E-state index in [1.54, 1.807) is 54.4 Å². The third-order valence-electron chi connectivity index (χ3n) is 8.00. The number of likely N-dealkylation sites (N-methyl/N-ethyl adjacent to an activating group) is 1. The number of carbonyl (C=O) groups is 1. The van der Waals surface area contributed by atoms with Crippen LogP contribution in [0.25, 0.3) is 0 Å². The predicted octanol–water partition coefficient (Wildman–Crippen LogP) is 5.55. The summed E-state index contributed by atoms with van der Waals surface area (Å²) in [7, 11) is -1.99. The zero-order valence-electron chi connectivity index (χ0n) is 25.2. The highest BCUT2D eigenvalue weighted by atomic mass is 35.5. The third kappa shape index (κ3) is 9.77. The topological polar surface area (TPSA) is 113 Å². The van der Waals surface area contributed by atoms with Gasteiger partial charge in [0.2, 0.25) is 10.0 Å². The van der Waals surface area contributed by atoms with E-state index in [0.717, 1.165) is 44.5 Å². The summed E-state index contributed by atoms with van der Waals surface area (Å²) in [6.07, 6.45) is 7.30. The van der Waals surface area contributed by atoms with E-state index < -0.39 is 21.0 Å². The van der Waals surface area contributed by atoms with E-state index in [1.807, 2.05) is 30.3 Å². The van der Waals surface area contributed by atoms with Crippen molar-refractivity contribution in [3.05, 3.63) is 106 Å². The van der Waals surface area contributed by atoms with Crippen LogP contribution in [-0.4, -0.2) is 79.4 Å². The van der Waals surface area contributed by atoms with Gasteiger partial charge >= 0.3 is 6.09 Å². The van der Waals surface area contributed by atoms with E-state index in [2.05, 4.69) is 10.8 Å². The highest BCUT2D eigenvalue weighted by Gasteiger charge is 2.30. The molecule has 12 heteroatoms. The molecule has 1 saturated heterocycles. The molecule has 0 saturated carbocycles. The number of nitro benzene ring substituents is 1. The van der Waals surface area contributed by atoms with E-state index in [4.69, 9.17) is 11.2 Å². The monoisotopic (exact) mass is 654 g/mol. The Morgan fingerprint density at radius 1 is 1.04 bits per heavy atom. The average Bonchev–Trinajstić information content (AvgIpc) is 3.05. The zero-order chi connectivity index (χ0) is 31.5. The molecule has 1 atom stereocenters. The van der Waals surface area contributed by atoms with Crippen LogP contribution in [0.4, 0.5) is 10.5 Å². The fourth-order valence-electron chi connectivity index (χ4n) is 5.45. The number of benzene rings is 3. The zero-order valence-corrected chi connectivity index (χ0v) is 26.9. The Bertz CT molecular complexity index is 1530. The molecule has 1 aliphatic rings. The summed E-state index contributed by atoms with van der Waals surface area (Å²) in [5.41, 5.74) is 1.71. The van der Waals surface area contributed by atoms with Crippen molar-refractivity contribution < 1.29 is 22.9 Å². The van der Waals surface area contributed by atoms with Gasteiger partial charge in [-0.1, -0.05) is 54.5 Å². The molecule has 1 fully saturated rings. The van der Waals surface area contributed by atoms with Crippen molar-refractivity contribution in [2.75, 3.05) is 39.8 Å². The lowest BCUT2D eigenvalue weighted by atomic mass is 9.94. The first kappa shape index (κ1) is 35.5. The molecule has 240 valence electrons. The number of ether oxygens (including phenoxy) is 1. The highest BCUT2D eigenvalue weighted by Crippen LogP contribution is 2.26. The lowest BCUT2D eigenvalue weighted by Gasteiger charge is -2.37. The maximum atomic E-state index is 13.2. The summed E-state index contributed by atoms with van der Waals surface area (Å²) < 4.78 is 33.4. The molecule has 0 unspecified atom stereocenters. The van der Waals surface area contributed by atoms with E-state index >= 15 is 0 Å². The molecule has 10 nitrogen and oxygen atoms in total. The fourth-order valence-corrected chi connectivity index (χ4v) is 6.68. The van der Waals surface area contributed by atoms with E-state index in [9.17, 15) is 23.3 Å². The number of hydrogen-bond acceptors (Lipinski definition) is 7. The molecule has 1 heterocycles. The molecule has 0 aliphatic carbocycles. The number of piperidine rings is 1. The van der Waals surface area contributed by atoms with E-state index in [-0.39, 0.29) is 48.1 Å². The second-order valence-electron chi connectivity index (χ2n) is 10.9. The van der Waals surface area contributed by atoms with Crippen molar-refractivity contribution in [1.29, 1.82) is 0 Å². The molecular formula is C33H39ClN4O6S. The Morgan fingerprint density at radius 2 is 1.64 bits per heavy atom. The molecule has 0 aromatic heterocycles. The number of non-ortho nitro benzene ring substituents is 1. The SMILES string of the molecule is C#CCN(C(=O)OCc1ccc([N+](=O)[O-])cc1)C1CCN(CC[C@H](CN(C)S(=O)(=O)c2ccccc2)c2ccccc2)CC1.Cl. The number of sulfonamides is 1. The molecule has 1 aliphatic heterocycles. The third-order valence-corrected chi connectivity index (χ3v) is 9.83. The molecule has 0 radical (unpaired) electrons. The fraction of sp³-hybridized carbons (Fsp3) is 0.364. The van der Waals surface area contributed by atoms with Gasteiger partial charge in [0.15, 0.2) is 0 Å². The largest absolute Gasteiger partial charge is 0.445 e. The van der Waals surface area contributed by atoms with E-state index in [1.165, 1.54) is 16.4 Å². The van der Waals surface area contributed by atoms with Gasteiger partial charge in [-0.05, 0) is 67.1 Å². The molecule has 4 rings (SSSR count). The maximum absolute atomic E-state index is 13.2. The van der Waals surface area contributed by atoms with Crippen molar-refractivity contribution in [1.82, 2.24) is 14.1 Å². The highest BCUT2D eigenvalue weighted by molar-refractivity contribution is 7.89. The van der Waals surface area contributed by atoms with Crippen LogP contribution in [0.5, 0.6) is 0 Å². The van der Waals surface area contributed by atoms with Gasteiger partial charge in [-0.25, -0.2) is 17.5 Å². The van der Waals surface area contributed by atoms with Crippen LogP contribution in [0, 0.1) is 22.5 Å². The van der Waals surface area contributed by atoms with Crippen LogP contribution in [-0.2, 0) is 21.4 Å². The Kier molecular flexibility index (Phi) is 13.4. The molecule has 3 aromatic rings. The summed E-state index contributed by atoms with van der Waals surface area (Å²) in [5.74, 6) is 2.56.